The van der Waals surface area contributed by atoms with E-state index in [0.29, 0.717) is 10.8 Å². The molecule has 1 aromatic heterocycles. The van der Waals surface area contributed by atoms with Gasteiger partial charge in [-0.05, 0) is 25.1 Å². The molecular formula is C11H10F2N2S. The number of hydrogen-bond acceptors (Lipinski definition) is 3. The van der Waals surface area contributed by atoms with Gasteiger partial charge in [0.1, 0.15) is 11.6 Å². The maximum atomic E-state index is 13.4. The summed E-state index contributed by atoms with van der Waals surface area (Å²) in [4.78, 5) is 4.17. The van der Waals surface area contributed by atoms with Crippen molar-refractivity contribution in [3.05, 3.63) is 35.2 Å². The average molecular weight is 240 g/mol. The zero-order valence-electron chi connectivity index (χ0n) is 8.63. The second-order valence-corrected chi connectivity index (χ2v) is 4.05. The molecule has 5 heteroatoms. The summed E-state index contributed by atoms with van der Waals surface area (Å²) in [5, 5.41) is 5.44. The Morgan fingerprint density at radius 3 is 2.94 bits per heavy atom. The van der Waals surface area contributed by atoms with Gasteiger partial charge in [-0.3, -0.25) is 0 Å². The summed E-state index contributed by atoms with van der Waals surface area (Å²) >= 11 is 1.37. The lowest BCUT2D eigenvalue weighted by Crippen LogP contribution is -1.95. The number of halogens is 2. The second kappa shape index (κ2) is 4.57. The largest absolute Gasteiger partial charge is 0.362 e. The van der Waals surface area contributed by atoms with E-state index in [1.165, 1.54) is 11.3 Å². The fourth-order valence-corrected chi connectivity index (χ4v) is 2.11. The van der Waals surface area contributed by atoms with E-state index in [1.807, 2.05) is 6.92 Å². The van der Waals surface area contributed by atoms with Crippen LogP contribution in [0.2, 0.25) is 0 Å². The van der Waals surface area contributed by atoms with E-state index in [1.54, 1.807) is 5.38 Å². The Bertz CT molecular complexity index is 496. The van der Waals surface area contributed by atoms with Crippen molar-refractivity contribution in [1.82, 2.24) is 4.98 Å². The Morgan fingerprint density at radius 2 is 2.19 bits per heavy atom. The quantitative estimate of drug-likeness (QED) is 0.887. The Hall–Kier alpha value is -1.49. The van der Waals surface area contributed by atoms with Gasteiger partial charge in [-0.15, -0.1) is 11.3 Å². The van der Waals surface area contributed by atoms with Gasteiger partial charge in [-0.1, -0.05) is 0 Å². The van der Waals surface area contributed by atoms with Crippen molar-refractivity contribution in [3.8, 4) is 11.3 Å². The molecule has 0 amide bonds. The van der Waals surface area contributed by atoms with Crippen LogP contribution in [-0.2, 0) is 0 Å². The molecule has 0 aliphatic heterocycles. The molecule has 0 unspecified atom stereocenters. The van der Waals surface area contributed by atoms with Crippen LogP contribution in [0.3, 0.4) is 0 Å². The van der Waals surface area contributed by atoms with E-state index in [2.05, 4.69) is 10.3 Å². The standard InChI is InChI=1S/C11H10F2N2S/c1-2-14-11-15-10(6-16-11)8-5-7(12)3-4-9(8)13/h3-6H,2H2,1H3,(H,14,15). The molecule has 0 fully saturated rings. The van der Waals surface area contributed by atoms with Crippen LogP contribution in [0, 0.1) is 11.6 Å². The topological polar surface area (TPSA) is 24.9 Å². The number of nitrogens with one attached hydrogen (secondary N) is 1. The first-order valence-corrected chi connectivity index (χ1v) is 5.73. The third-order valence-corrected chi connectivity index (χ3v) is 2.84. The Labute approximate surface area is 96.0 Å². The first-order chi connectivity index (χ1) is 7.70. The first-order valence-electron chi connectivity index (χ1n) is 4.85. The van der Waals surface area contributed by atoms with Crippen molar-refractivity contribution in [2.45, 2.75) is 6.92 Å². The SMILES string of the molecule is CCNc1nc(-c2cc(F)ccc2F)cs1. The van der Waals surface area contributed by atoms with Gasteiger partial charge in [0.25, 0.3) is 0 Å². The Balaban J connectivity index is 2.38. The fraction of sp³-hybridized carbons (Fsp3) is 0.182. The van der Waals surface area contributed by atoms with Crippen LogP contribution in [0.1, 0.15) is 6.92 Å². The molecule has 0 aliphatic rings. The van der Waals surface area contributed by atoms with Gasteiger partial charge >= 0.3 is 0 Å². The predicted molar refractivity (Wildman–Crippen MR) is 61.6 cm³/mol. The van der Waals surface area contributed by atoms with Gasteiger partial charge in [-0.2, -0.15) is 0 Å². The monoisotopic (exact) mass is 240 g/mol. The molecular weight excluding hydrogens is 230 g/mol. The highest BCUT2D eigenvalue weighted by atomic mass is 32.1. The number of anilines is 1. The molecule has 2 aromatic rings. The lowest BCUT2D eigenvalue weighted by Gasteiger charge is -1.99. The molecule has 2 nitrogen and oxygen atoms in total. The summed E-state index contributed by atoms with van der Waals surface area (Å²) in [5.41, 5.74) is 0.651. The molecule has 0 spiro atoms. The summed E-state index contributed by atoms with van der Waals surface area (Å²) in [7, 11) is 0. The smallest absolute Gasteiger partial charge is 0.183 e. The summed E-state index contributed by atoms with van der Waals surface area (Å²) < 4.78 is 26.4. The van der Waals surface area contributed by atoms with Gasteiger partial charge in [-0.25, -0.2) is 13.8 Å². The highest BCUT2D eigenvalue weighted by Gasteiger charge is 2.10. The second-order valence-electron chi connectivity index (χ2n) is 3.19. The first kappa shape index (κ1) is 11.0. The molecule has 1 aromatic carbocycles. The lowest BCUT2D eigenvalue weighted by molar-refractivity contribution is 0.603. The number of thiazole rings is 1. The van der Waals surface area contributed by atoms with E-state index in [-0.39, 0.29) is 5.56 Å². The summed E-state index contributed by atoms with van der Waals surface area (Å²) in [5.74, 6) is -0.927. The average Bonchev–Trinajstić information content (AvgIpc) is 2.71. The summed E-state index contributed by atoms with van der Waals surface area (Å²) in [6.07, 6.45) is 0. The van der Waals surface area contributed by atoms with E-state index in [4.69, 9.17) is 0 Å². The van der Waals surface area contributed by atoms with Crippen LogP contribution in [0.5, 0.6) is 0 Å². The number of aromatic nitrogens is 1. The van der Waals surface area contributed by atoms with Crippen LogP contribution in [-0.4, -0.2) is 11.5 Å². The predicted octanol–water partition coefficient (Wildman–Crippen LogP) is 3.52. The van der Waals surface area contributed by atoms with Crippen molar-refractivity contribution in [2.75, 3.05) is 11.9 Å². The van der Waals surface area contributed by atoms with E-state index in [0.717, 1.165) is 24.7 Å². The van der Waals surface area contributed by atoms with Gasteiger partial charge in [0, 0.05) is 17.5 Å². The molecule has 0 atom stereocenters. The van der Waals surface area contributed by atoms with Gasteiger partial charge in [0.05, 0.1) is 5.69 Å². The Kier molecular flexibility index (Phi) is 3.14. The van der Waals surface area contributed by atoms with Crippen molar-refractivity contribution < 1.29 is 8.78 Å². The minimum absolute atomic E-state index is 0.195. The Morgan fingerprint density at radius 1 is 1.38 bits per heavy atom. The van der Waals surface area contributed by atoms with Gasteiger partial charge in [0.2, 0.25) is 0 Å². The van der Waals surface area contributed by atoms with E-state index in [9.17, 15) is 8.78 Å². The molecule has 1 N–H and O–H groups in total. The molecule has 84 valence electrons. The molecule has 0 bridgehead atoms. The van der Waals surface area contributed by atoms with Crippen molar-refractivity contribution in [1.29, 1.82) is 0 Å². The van der Waals surface area contributed by atoms with Crippen molar-refractivity contribution in [2.24, 2.45) is 0 Å². The van der Waals surface area contributed by atoms with Gasteiger partial charge < -0.3 is 5.32 Å². The normalized spacial score (nSPS) is 10.4. The summed E-state index contributed by atoms with van der Waals surface area (Å²) in [6.45, 7) is 2.70. The number of nitrogens with zero attached hydrogens (tertiary/aromatic N) is 1. The third-order valence-electron chi connectivity index (χ3n) is 2.04. The minimum Gasteiger partial charge on any atom is -0.362 e. The highest BCUT2D eigenvalue weighted by molar-refractivity contribution is 7.14. The minimum atomic E-state index is -0.464. The van der Waals surface area contributed by atoms with Crippen LogP contribution < -0.4 is 5.32 Å². The lowest BCUT2D eigenvalue weighted by atomic mass is 10.1. The fourth-order valence-electron chi connectivity index (χ4n) is 1.32. The summed E-state index contributed by atoms with van der Waals surface area (Å²) in [6, 6.07) is 3.35. The number of benzene rings is 1. The molecule has 0 saturated carbocycles. The van der Waals surface area contributed by atoms with Crippen LogP contribution in [0.25, 0.3) is 11.3 Å². The van der Waals surface area contributed by atoms with E-state index >= 15 is 0 Å². The van der Waals surface area contributed by atoms with Crippen LogP contribution >= 0.6 is 11.3 Å². The molecule has 2 rings (SSSR count). The van der Waals surface area contributed by atoms with Crippen molar-refractivity contribution >= 4 is 16.5 Å². The molecule has 0 aliphatic carbocycles. The van der Waals surface area contributed by atoms with E-state index < -0.39 is 11.6 Å². The molecule has 1 heterocycles. The number of hydrogen-bond donors (Lipinski definition) is 1. The van der Waals surface area contributed by atoms with Gasteiger partial charge in [0.15, 0.2) is 5.13 Å². The molecule has 0 saturated heterocycles. The zero-order valence-corrected chi connectivity index (χ0v) is 9.44. The number of rotatable bonds is 3. The van der Waals surface area contributed by atoms with Crippen molar-refractivity contribution in [3.63, 3.8) is 0 Å². The van der Waals surface area contributed by atoms with Crippen LogP contribution in [0.4, 0.5) is 13.9 Å². The maximum absolute atomic E-state index is 13.4. The van der Waals surface area contributed by atoms with Crippen LogP contribution in [0.15, 0.2) is 23.6 Å². The maximum Gasteiger partial charge on any atom is 0.183 e. The molecule has 16 heavy (non-hydrogen) atoms. The third kappa shape index (κ3) is 2.19. The molecule has 0 radical (unpaired) electrons. The zero-order chi connectivity index (χ0) is 11.5. The highest BCUT2D eigenvalue weighted by Crippen LogP contribution is 2.27.